The van der Waals surface area contributed by atoms with Crippen LogP contribution in [0.15, 0.2) is 47.6 Å². The van der Waals surface area contributed by atoms with Crippen molar-refractivity contribution >= 4 is 16.6 Å². The maximum absolute atomic E-state index is 10.1. The van der Waals surface area contributed by atoms with Gasteiger partial charge < -0.3 is 10.0 Å². The molecule has 21 heavy (non-hydrogen) atoms. The van der Waals surface area contributed by atoms with Crippen molar-refractivity contribution in [2.75, 3.05) is 6.54 Å². The van der Waals surface area contributed by atoms with Crippen LogP contribution in [-0.2, 0) is 6.54 Å². The van der Waals surface area contributed by atoms with Gasteiger partial charge in [0.15, 0.2) is 0 Å². The van der Waals surface area contributed by atoms with E-state index < -0.39 is 0 Å². The van der Waals surface area contributed by atoms with Gasteiger partial charge >= 0.3 is 0 Å². The molecule has 104 valence electrons. The molecular weight excluding hydrogens is 260 g/mol. The van der Waals surface area contributed by atoms with Crippen LogP contribution in [0.2, 0.25) is 0 Å². The number of pyridine rings is 1. The molecule has 1 aromatic carbocycles. The van der Waals surface area contributed by atoms with E-state index in [1.165, 1.54) is 27.8 Å². The topological polar surface area (TPSA) is 36.4 Å². The third-order valence-corrected chi connectivity index (χ3v) is 4.92. The zero-order valence-electron chi connectivity index (χ0n) is 11.7. The summed E-state index contributed by atoms with van der Waals surface area (Å²) in [6.45, 7) is 1.76. The summed E-state index contributed by atoms with van der Waals surface area (Å²) in [7, 11) is 0. The summed E-state index contributed by atoms with van der Waals surface area (Å²) in [5, 5.41) is 11.3. The average Bonchev–Trinajstić information content (AvgIpc) is 3.03. The molecule has 5 rings (SSSR count). The van der Waals surface area contributed by atoms with E-state index in [1.54, 1.807) is 0 Å². The summed E-state index contributed by atoms with van der Waals surface area (Å²) in [5.41, 5.74) is 7.28. The van der Waals surface area contributed by atoms with Gasteiger partial charge in [-0.1, -0.05) is 18.2 Å². The lowest BCUT2D eigenvalue weighted by Crippen LogP contribution is -2.25. The van der Waals surface area contributed by atoms with Gasteiger partial charge in [-0.05, 0) is 47.8 Å². The molecule has 3 heteroatoms. The first-order chi connectivity index (χ1) is 10.3. The molecule has 3 nitrogen and oxygen atoms in total. The van der Waals surface area contributed by atoms with Crippen molar-refractivity contribution in [1.82, 2.24) is 9.88 Å². The molecule has 2 aromatic rings. The van der Waals surface area contributed by atoms with Crippen molar-refractivity contribution in [3.8, 4) is 0 Å². The van der Waals surface area contributed by atoms with Crippen LogP contribution in [0.1, 0.15) is 24.1 Å². The van der Waals surface area contributed by atoms with Gasteiger partial charge in [-0.2, -0.15) is 0 Å². The lowest BCUT2D eigenvalue weighted by molar-refractivity contribution is 0.202. The number of fused-ring (bicyclic) bond motifs is 4. The molecule has 0 bridgehead atoms. The lowest BCUT2D eigenvalue weighted by Gasteiger charge is -2.26. The van der Waals surface area contributed by atoms with Crippen LogP contribution in [0, 0.1) is 0 Å². The Hall–Kier alpha value is -2.13. The molecule has 1 N–H and O–H groups in total. The number of rotatable bonds is 0. The van der Waals surface area contributed by atoms with Crippen molar-refractivity contribution in [1.29, 1.82) is 0 Å². The molecule has 0 fully saturated rings. The number of aliphatic hydroxyl groups is 1. The summed E-state index contributed by atoms with van der Waals surface area (Å²) < 4.78 is 0. The molecule has 0 amide bonds. The van der Waals surface area contributed by atoms with Gasteiger partial charge in [0, 0.05) is 18.5 Å². The van der Waals surface area contributed by atoms with Crippen molar-refractivity contribution in [2.45, 2.75) is 25.5 Å². The molecular formula is C18H16N2O. The first-order valence-corrected chi connectivity index (χ1v) is 7.55. The second-order valence-corrected chi connectivity index (χ2v) is 6.18. The zero-order chi connectivity index (χ0) is 14.0. The van der Waals surface area contributed by atoms with Gasteiger partial charge in [-0.3, -0.25) is 0 Å². The highest BCUT2D eigenvalue weighted by molar-refractivity contribution is 5.84. The van der Waals surface area contributed by atoms with Crippen molar-refractivity contribution in [2.24, 2.45) is 0 Å². The summed E-state index contributed by atoms with van der Waals surface area (Å²) in [6, 6.07) is 10.6. The third-order valence-electron chi connectivity index (χ3n) is 4.92. The van der Waals surface area contributed by atoms with E-state index in [-0.39, 0.29) is 6.10 Å². The molecule has 0 saturated carbocycles. The number of nitrogens with zero attached hydrogens (tertiary/aromatic N) is 2. The number of benzene rings is 1. The molecule has 3 aliphatic rings. The molecule has 1 unspecified atom stereocenters. The Kier molecular flexibility index (Phi) is 2.17. The Labute approximate surface area is 123 Å². The zero-order valence-corrected chi connectivity index (χ0v) is 11.7. The molecule has 1 atom stereocenters. The van der Waals surface area contributed by atoms with Crippen molar-refractivity contribution in [3.63, 3.8) is 0 Å². The number of hydrogen-bond donors (Lipinski definition) is 1. The van der Waals surface area contributed by atoms with E-state index in [1.807, 2.05) is 6.07 Å². The number of aliphatic hydroxyl groups excluding tert-OH is 1. The first-order valence-electron chi connectivity index (χ1n) is 7.55. The van der Waals surface area contributed by atoms with Crippen LogP contribution in [-0.4, -0.2) is 27.6 Å². The second kappa shape index (κ2) is 3.95. The van der Waals surface area contributed by atoms with Gasteiger partial charge in [-0.15, -0.1) is 0 Å². The van der Waals surface area contributed by atoms with E-state index in [4.69, 9.17) is 4.98 Å². The Morgan fingerprint density at radius 1 is 1.19 bits per heavy atom. The molecule has 0 spiro atoms. The Morgan fingerprint density at radius 3 is 3.05 bits per heavy atom. The third kappa shape index (κ3) is 1.55. The van der Waals surface area contributed by atoms with E-state index in [9.17, 15) is 5.11 Å². The number of hydrogen-bond acceptors (Lipinski definition) is 3. The second-order valence-electron chi connectivity index (χ2n) is 6.18. The van der Waals surface area contributed by atoms with Gasteiger partial charge in [0.05, 0.1) is 23.0 Å². The van der Waals surface area contributed by atoms with Crippen LogP contribution in [0.4, 0.5) is 0 Å². The number of allylic oxidation sites excluding steroid dienone is 2. The molecule has 1 aliphatic carbocycles. The van der Waals surface area contributed by atoms with E-state index in [0.29, 0.717) is 0 Å². The highest BCUT2D eigenvalue weighted by Crippen LogP contribution is 2.41. The minimum atomic E-state index is -0.242. The predicted molar refractivity (Wildman–Crippen MR) is 82.4 cm³/mol. The quantitative estimate of drug-likeness (QED) is 0.804. The van der Waals surface area contributed by atoms with Crippen LogP contribution >= 0.6 is 0 Å². The van der Waals surface area contributed by atoms with Crippen molar-refractivity contribution in [3.05, 3.63) is 58.8 Å². The summed E-state index contributed by atoms with van der Waals surface area (Å²) >= 11 is 0. The fourth-order valence-corrected chi connectivity index (χ4v) is 3.83. The van der Waals surface area contributed by atoms with Gasteiger partial charge in [0.25, 0.3) is 0 Å². The van der Waals surface area contributed by atoms with Gasteiger partial charge in [0.2, 0.25) is 0 Å². The maximum Gasteiger partial charge on any atom is 0.0920 e. The van der Waals surface area contributed by atoms with E-state index in [0.717, 1.165) is 37.1 Å². The predicted octanol–water partition coefficient (Wildman–Crippen LogP) is 2.86. The highest BCUT2D eigenvalue weighted by Gasteiger charge is 2.34. The van der Waals surface area contributed by atoms with Gasteiger partial charge in [-0.25, -0.2) is 4.98 Å². The molecule has 2 aliphatic heterocycles. The Balaban J connectivity index is 1.69. The number of aromatic nitrogens is 1. The Bertz CT molecular complexity index is 834. The summed E-state index contributed by atoms with van der Waals surface area (Å²) in [6.07, 6.45) is 3.88. The molecule has 1 aromatic heterocycles. The van der Waals surface area contributed by atoms with Crippen molar-refractivity contribution < 1.29 is 5.11 Å². The first kappa shape index (κ1) is 11.5. The largest absolute Gasteiger partial charge is 0.389 e. The normalized spacial score (nSPS) is 23.2. The minimum absolute atomic E-state index is 0.242. The van der Waals surface area contributed by atoms with Crippen LogP contribution < -0.4 is 0 Å². The fourth-order valence-electron chi connectivity index (χ4n) is 3.83. The van der Waals surface area contributed by atoms with Crippen LogP contribution in [0.3, 0.4) is 0 Å². The highest BCUT2D eigenvalue weighted by atomic mass is 16.3. The molecule has 3 heterocycles. The SMILES string of the molecule is OC1CCC2=C1CN1Cc3cc4ccccc4nc3C1=C2. The molecule has 0 saturated heterocycles. The summed E-state index contributed by atoms with van der Waals surface area (Å²) in [5.74, 6) is 0. The Morgan fingerprint density at radius 2 is 2.10 bits per heavy atom. The fraction of sp³-hybridized carbons (Fsp3) is 0.278. The summed E-state index contributed by atoms with van der Waals surface area (Å²) in [4.78, 5) is 7.23. The molecule has 0 radical (unpaired) electrons. The van der Waals surface area contributed by atoms with E-state index in [2.05, 4.69) is 35.2 Å². The minimum Gasteiger partial charge on any atom is -0.389 e. The van der Waals surface area contributed by atoms with Crippen LogP contribution in [0.5, 0.6) is 0 Å². The number of para-hydroxylation sites is 1. The van der Waals surface area contributed by atoms with Gasteiger partial charge in [0.1, 0.15) is 0 Å². The smallest absolute Gasteiger partial charge is 0.0920 e. The average molecular weight is 276 g/mol. The monoisotopic (exact) mass is 276 g/mol. The maximum atomic E-state index is 10.1. The standard InChI is InChI=1S/C18H16N2O/c21-17-6-5-11-8-16-18-13(9-20(16)10-14(11)17)7-12-3-1-2-4-15(12)19-18/h1-4,7-8,17,21H,5-6,9-10H2. The lowest BCUT2D eigenvalue weighted by atomic mass is 10.0. The van der Waals surface area contributed by atoms with Crippen LogP contribution in [0.25, 0.3) is 16.6 Å². The van der Waals surface area contributed by atoms with E-state index >= 15 is 0 Å².